The number of aromatic nitrogens is 3. The molecule has 0 aliphatic rings. The Morgan fingerprint density at radius 1 is 1.40 bits per heavy atom. The van der Waals surface area contributed by atoms with Crippen LogP contribution >= 0.6 is 0 Å². The van der Waals surface area contributed by atoms with Gasteiger partial charge in [-0.05, 0) is 19.1 Å². The number of aliphatic carboxylic acids is 1. The van der Waals surface area contributed by atoms with Crippen molar-refractivity contribution in [1.29, 1.82) is 0 Å². The summed E-state index contributed by atoms with van der Waals surface area (Å²) in [7, 11) is 0. The first-order valence-corrected chi connectivity index (χ1v) is 5.82. The Morgan fingerprint density at radius 3 is 2.80 bits per heavy atom. The van der Waals surface area contributed by atoms with Crippen LogP contribution in [-0.4, -0.2) is 32.9 Å². The molecule has 1 aromatic heterocycles. The minimum Gasteiger partial charge on any atom is -0.548 e. The third kappa shape index (κ3) is 2.79. The molecule has 0 aliphatic carbocycles. The number of nitrogens with one attached hydrogen (secondary N) is 1. The van der Waals surface area contributed by atoms with Crippen molar-refractivity contribution >= 4 is 22.8 Å². The molecule has 1 N–H and O–H groups in total. The number of carboxylic acids is 1. The lowest BCUT2D eigenvalue weighted by atomic mass is 10.2. The van der Waals surface area contributed by atoms with E-state index in [1.54, 1.807) is 24.3 Å². The SMILES string of the molecule is C[C@H](NC(=O)Cn1nnc2ccccc2c1=O)C(=O)[O-]. The molecule has 0 fully saturated rings. The van der Waals surface area contributed by atoms with E-state index in [9.17, 15) is 19.5 Å². The van der Waals surface area contributed by atoms with Gasteiger partial charge < -0.3 is 15.2 Å². The predicted molar refractivity (Wildman–Crippen MR) is 66.4 cm³/mol. The molecular formula is C12H11N4O4-. The van der Waals surface area contributed by atoms with E-state index in [4.69, 9.17) is 0 Å². The van der Waals surface area contributed by atoms with E-state index in [1.165, 1.54) is 6.92 Å². The minimum atomic E-state index is -1.41. The lowest BCUT2D eigenvalue weighted by Crippen LogP contribution is -2.47. The highest BCUT2D eigenvalue weighted by atomic mass is 16.4. The van der Waals surface area contributed by atoms with E-state index in [-0.39, 0.29) is 0 Å². The lowest BCUT2D eigenvalue weighted by molar-refractivity contribution is -0.307. The fourth-order valence-electron chi connectivity index (χ4n) is 1.61. The molecule has 8 nitrogen and oxygen atoms in total. The molecule has 2 rings (SSSR count). The van der Waals surface area contributed by atoms with E-state index in [2.05, 4.69) is 15.6 Å². The summed E-state index contributed by atoms with van der Waals surface area (Å²) in [6.07, 6.45) is 0. The number of rotatable bonds is 4. The Morgan fingerprint density at radius 2 is 2.10 bits per heavy atom. The fraction of sp³-hybridized carbons (Fsp3) is 0.250. The molecule has 0 bridgehead atoms. The van der Waals surface area contributed by atoms with Crippen molar-refractivity contribution < 1.29 is 14.7 Å². The number of amides is 1. The van der Waals surface area contributed by atoms with Crippen LogP contribution in [0.3, 0.4) is 0 Å². The van der Waals surface area contributed by atoms with Crippen LogP contribution in [0.2, 0.25) is 0 Å². The minimum absolute atomic E-state index is 0.336. The summed E-state index contributed by atoms with van der Waals surface area (Å²) in [5, 5.41) is 20.5. The van der Waals surface area contributed by atoms with E-state index in [0.29, 0.717) is 10.9 Å². The normalized spacial score (nSPS) is 12.1. The van der Waals surface area contributed by atoms with Crippen LogP contribution < -0.4 is 16.0 Å². The summed E-state index contributed by atoms with van der Waals surface area (Å²) in [5.74, 6) is -2.07. The van der Waals surface area contributed by atoms with Gasteiger partial charge >= 0.3 is 0 Å². The summed E-state index contributed by atoms with van der Waals surface area (Å²) < 4.78 is 0.875. The van der Waals surface area contributed by atoms with E-state index in [0.717, 1.165) is 4.68 Å². The van der Waals surface area contributed by atoms with Crippen molar-refractivity contribution in [3.8, 4) is 0 Å². The molecule has 1 atom stereocenters. The number of hydrogen-bond acceptors (Lipinski definition) is 6. The monoisotopic (exact) mass is 275 g/mol. The van der Waals surface area contributed by atoms with Gasteiger partial charge in [-0.25, -0.2) is 4.68 Å². The van der Waals surface area contributed by atoms with Gasteiger partial charge in [0.1, 0.15) is 12.1 Å². The Hall–Kier alpha value is -2.77. The lowest BCUT2D eigenvalue weighted by Gasteiger charge is -2.14. The Bertz CT molecular complexity index is 725. The fourth-order valence-corrected chi connectivity index (χ4v) is 1.61. The van der Waals surface area contributed by atoms with E-state index in [1.807, 2.05) is 0 Å². The third-order valence-corrected chi connectivity index (χ3v) is 2.65. The summed E-state index contributed by atoms with van der Waals surface area (Å²) in [5.41, 5.74) is -0.0379. The number of carbonyl (C=O) groups is 2. The molecule has 20 heavy (non-hydrogen) atoms. The smallest absolute Gasteiger partial charge is 0.278 e. The first kappa shape index (κ1) is 13.7. The molecule has 1 heterocycles. The van der Waals surface area contributed by atoms with Gasteiger partial charge in [0, 0.05) is 0 Å². The van der Waals surface area contributed by atoms with Gasteiger partial charge in [0.2, 0.25) is 5.91 Å². The van der Waals surface area contributed by atoms with Gasteiger partial charge in [-0.2, -0.15) is 0 Å². The zero-order valence-corrected chi connectivity index (χ0v) is 10.6. The van der Waals surface area contributed by atoms with Crippen LogP contribution in [0, 0.1) is 0 Å². The number of benzene rings is 1. The molecule has 1 amide bonds. The summed E-state index contributed by atoms with van der Waals surface area (Å²) in [6.45, 7) is 0.858. The van der Waals surface area contributed by atoms with Crippen molar-refractivity contribution in [3.63, 3.8) is 0 Å². The molecule has 1 aromatic carbocycles. The maximum atomic E-state index is 12.0. The van der Waals surface area contributed by atoms with Gasteiger partial charge in [-0.15, -0.1) is 5.10 Å². The molecule has 104 valence electrons. The number of hydrogen-bond donors (Lipinski definition) is 1. The number of carboxylic acid groups (broad SMARTS) is 1. The second-order valence-electron chi connectivity index (χ2n) is 4.18. The largest absolute Gasteiger partial charge is 0.548 e. The molecule has 8 heteroatoms. The van der Waals surface area contributed by atoms with Crippen molar-refractivity contribution in [3.05, 3.63) is 34.6 Å². The molecular weight excluding hydrogens is 264 g/mol. The Balaban J connectivity index is 2.22. The topological polar surface area (TPSA) is 117 Å². The van der Waals surface area contributed by atoms with E-state index >= 15 is 0 Å². The second kappa shape index (κ2) is 5.47. The van der Waals surface area contributed by atoms with Gasteiger partial charge in [0.25, 0.3) is 5.56 Å². The zero-order chi connectivity index (χ0) is 14.7. The highest BCUT2D eigenvalue weighted by Crippen LogP contribution is 2.03. The maximum absolute atomic E-state index is 12.0. The van der Waals surface area contributed by atoms with Crippen molar-refractivity contribution in [2.24, 2.45) is 0 Å². The molecule has 2 aromatic rings. The van der Waals surface area contributed by atoms with Gasteiger partial charge in [-0.1, -0.05) is 17.3 Å². The number of fused-ring (bicyclic) bond motifs is 1. The maximum Gasteiger partial charge on any atom is 0.278 e. The molecule has 0 saturated carbocycles. The quantitative estimate of drug-likeness (QED) is 0.692. The highest BCUT2D eigenvalue weighted by molar-refractivity contribution is 5.82. The number of carbonyl (C=O) groups excluding carboxylic acids is 2. The molecule has 0 spiro atoms. The summed E-state index contributed by atoms with van der Waals surface area (Å²) in [4.78, 5) is 34.1. The van der Waals surface area contributed by atoms with Crippen LogP contribution in [0.15, 0.2) is 29.1 Å². The van der Waals surface area contributed by atoms with Crippen LogP contribution in [0.4, 0.5) is 0 Å². The van der Waals surface area contributed by atoms with Crippen LogP contribution in [0.25, 0.3) is 10.9 Å². The summed E-state index contributed by atoms with van der Waals surface area (Å²) >= 11 is 0. The molecule has 0 radical (unpaired) electrons. The van der Waals surface area contributed by atoms with Crippen LogP contribution in [0.5, 0.6) is 0 Å². The van der Waals surface area contributed by atoms with Gasteiger partial charge in [0.15, 0.2) is 0 Å². The third-order valence-electron chi connectivity index (χ3n) is 2.65. The van der Waals surface area contributed by atoms with Crippen molar-refractivity contribution in [2.45, 2.75) is 19.5 Å². The van der Waals surface area contributed by atoms with E-state index < -0.39 is 30.0 Å². The zero-order valence-electron chi connectivity index (χ0n) is 10.6. The molecule has 0 aliphatic heterocycles. The van der Waals surface area contributed by atoms with Crippen LogP contribution in [-0.2, 0) is 16.1 Å². The van der Waals surface area contributed by atoms with Gasteiger partial charge in [0.05, 0.1) is 17.4 Å². The number of nitrogens with zero attached hydrogens (tertiary/aromatic N) is 3. The van der Waals surface area contributed by atoms with Crippen molar-refractivity contribution in [1.82, 2.24) is 20.3 Å². The average Bonchev–Trinajstić information content (AvgIpc) is 2.42. The second-order valence-corrected chi connectivity index (χ2v) is 4.18. The average molecular weight is 275 g/mol. The molecule has 0 unspecified atom stereocenters. The summed E-state index contributed by atoms with van der Waals surface area (Å²) in [6, 6.07) is 5.45. The standard InChI is InChI=1S/C12H12N4O4/c1-7(12(19)20)13-10(17)6-16-11(18)8-4-2-3-5-9(8)14-15-16/h2-5,7H,6H2,1H3,(H,13,17)(H,19,20)/p-1/t7-/m0/s1. The predicted octanol–water partition coefficient (Wildman–Crippen LogP) is -1.95. The molecule has 0 saturated heterocycles. The van der Waals surface area contributed by atoms with Crippen LogP contribution in [0.1, 0.15) is 6.92 Å². The first-order valence-electron chi connectivity index (χ1n) is 5.82. The Labute approximate surface area is 113 Å². The first-order chi connectivity index (χ1) is 9.49. The van der Waals surface area contributed by atoms with Crippen molar-refractivity contribution in [2.75, 3.05) is 0 Å². The highest BCUT2D eigenvalue weighted by Gasteiger charge is 2.11. The van der Waals surface area contributed by atoms with Gasteiger partial charge in [-0.3, -0.25) is 9.59 Å². The Kier molecular flexibility index (Phi) is 3.74.